The minimum absolute atomic E-state index is 0.0393. The van der Waals surface area contributed by atoms with E-state index in [1.54, 1.807) is 38.1 Å². The summed E-state index contributed by atoms with van der Waals surface area (Å²) in [5.74, 6) is -1.07. The summed E-state index contributed by atoms with van der Waals surface area (Å²) in [6.45, 7) is 7.75. The van der Waals surface area contributed by atoms with Crippen LogP contribution in [0.25, 0.3) is 0 Å². The lowest BCUT2D eigenvalue weighted by Gasteiger charge is -2.33. The fraction of sp³-hybridized carbons (Fsp3) is 0.526. The zero-order valence-corrected chi connectivity index (χ0v) is 15.2. The van der Waals surface area contributed by atoms with Crippen LogP contribution in [0.5, 0.6) is 0 Å². The number of amides is 2. The number of fused-ring (bicyclic) bond motifs is 1. The normalized spacial score (nSPS) is 14.2. The maximum absolute atomic E-state index is 12.5. The minimum Gasteiger partial charge on any atom is -0.463 e. The molecule has 0 aliphatic carbocycles. The van der Waals surface area contributed by atoms with Crippen molar-refractivity contribution in [1.29, 1.82) is 0 Å². The highest BCUT2D eigenvalue weighted by Gasteiger charge is 2.44. The van der Waals surface area contributed by atoms with Crippen LogP contribution in [-0.2, 0) is 14.3 Å². The molecule has 6 heteroatoms. The fourth-order valence-electron chi connectivity index (χ4n) is 2.67. The van der Waals surface area contributed by atoms with Gasteiger partial charge in [-0.2, -0.15) is 0 Å². The average Bonchev–Trinajstić information content (AvgIpc) is 2.82. The van der Waals surface area contributed by atoms with E-state index in [1.807, 2.05) is 13.8 Å². The van der Waals surface area contributed by atoms with Gasteiger partial charge in [0.05, 0.1) is 22.8 Å². The van der Waals surface area contributed by atoms with E-state index in [0.717, 1.165) is 0 Å². The van der Waals surface area contributed by atoms with Gasteiger partial charge in [0.1, 0.15) is 6.61 Å². The van der Waals surface area contributed by atoms with Gasteiger partial charge >= 0.3 is 5.97 Å². The van der Waals surface area contributed by atoms with Gasteiger partial charge in [0.25, 0.3) is 11.8 Å². The molecule has 0 bridgehead atoms. The van der Waals surface area contributed by atoms with E-state index in [2.05, 4.69) is 0 Å². The molecule has 0 saturated heterocycles. The van der Waals surface area contributed by atoms with Gasteiger partial charge in [-0.3, -0.25) is 19.3 Å². The van der Waals surface area contributed by atoms with E-state index in [0.29, 0.717) is 24.2 Å². The maximum Gasteiger partial charge on any atom is 0.305 e. The highest BCUT2D eigenvalue weighted by atomic mass is 16.5. The minimum atomic E-state index is -0.919. The van der Waals surface area contributed by atoms with Crippen molar-refractivity contribution in [1.82, 2.24) is 4.90 Å². The van der Waals surface area contributed by atoms with Crippen LogP contribution in [0.1, 0.15) is 61.3 Å². The monoisotopic (exact) mass is 347 g/mol. The largest absolute Gasteiger partial charge is 0.463 e. The predicted molar refractivity (Wildman–Crippen MR) is 92.3 cm³/mol. The molecule has 2 rings (SSSR count). The molecule has 2 amide bonds. The van der Waals surface area contributed by atoms with Crippen molar-refractivity contribution < 1.29 is 23.9 Å². The molecule has 0 spiro atoms. The number of esters is 1. The lowest BCUT2D eigenvalue weighted by atomic mass is 10.0. The van der Waals surface area contributed by atoms with Crippen molar-refractivity contribution in [2.45, 2.75) is 52.2 Å². The lowest BCUT2D eigenvalue weighted by molar-refractivity contribution is -0.147. The van der Waals surface area contributed by atoms with Gasteiger partial charge in [-0.25, -0.2) is 0 Å². The third kappa shape index (κ3) is 4.45. The van der Waals surface area contributed by atoms with E-state index in [9.17, 15) is 14.4 Å². The van der Waals surface area contributed by atoms with Crippen molar-refractivity contribution >= 4 is 17.8 Å². The first-order chi connectivity index (χ1) is 11.7. The Morgan fingerprint density at radius 3 is 2.20 bits per heavy atom. The number of benzene rings is 1. The molecular weight excluding hydrogens is 322 g/mol. The van der Waals surface area contributed by atoms with E-state index in [1.165, 1.54) is 4.90 Å². The van der Waals surface area contributed by atoms with Gasteiger partial charge < -0.3 is 9.47 Å². The van der Waals surface area contributed by atoms with E-state index >= 15 is 0 Å². The molecule has 1 aromatic rings. The molecule has 0 fully saturated rings. The molecule has 25 heavy (non-hydrogen) atoms. The van der Waals surface area contributed by atoms with Crippen molar-refractivity contribution in [3.8, 4) is 0 Å². The predicted octanol–water partition coefficient (Wildman–Crippen LogP) is 2.81. The van der Waals surface area contributed by atoms with E-state index in [-0.39, 0.29) is 36.9 Å². The molecule has 1 aliphatic rings. The Hall–Kier alpha value is -2.21. The summed E-state index contributed by atoms with van der Waals surface area (Å²) >= 11 is 0. The molecule has 0 unspecified atom stereocenters. The van der Waals surface area contributed by atoms with Crippen LogP contribution in [0.2, 0.25) is 0 Å². The van der Waals surface area contributed by atoms with Crippen LogP contribution < -0.4 is 0 Å². The molecule has 0 saturated carbocycles. The quantitative estimate of drug-likeness (QED) is 0.411. The number of imide groups is 1. The first kappa shape index (κ1) is 19.1. The van der Waals surface area contributed by atoms with Gasteiger partial charge in [-0.15, -0.1) is 0 Å². The lowest BCUT2D eigenvalue weighted by Crippen LogP contribution is -2.50. The van der Waals surface area contributed by atoms with Crippen LogP contribution in [0, 0.1) is 0 Å². The summed E-state index contributed by atoms with van der Waals surface area (Å²) in [7, 11) is 0. The van der Waals surface area contributed by atoms with E-state index in [4.69, 9.17) is 9.47 Å². The van der Waals surface area contributed by atoms with Crippen LogP contribution in [-0.4, -0.2) is 47.5 Å². The van der Waals surface area contributed by atoms with Crippen molar-refractivity contribution in [3.05, 3.63) is 35.4 Å². The summed E-state index contributed by atoms with van der Waals surface area (Å²) < 4.78 is 10.7. The topological polar surface area (TPSA) is 72.9 Å². The molecule has 136 valence electrons. The number of carbonyl (C=O) groups excluding carboxylic acids is 3. The fourth-order valence-corrected chi connectivity index (χ4v) is 2.67. The zero-order valence-electron chi connectivity index (χ0n) is 15.2. The Balaban J connectivity index is 1.91. The summed E-state index contributed by atoms with van der Waals surface area (Å²) in [6.07, 6.45) is 0.943. The second-order valence-corrected chi connectivity index (χ2v) is 6.99. The molecule has 1 heterocycles. The molecule has 1 aliphatic heterocycles. The number of hydrogen-bond acceptors (Lipinski definition) is 5. The van der Waals surface area contributed by atoms with Gasteiger partial charge in [0, 0.05) is 13.0 Å². The number of nitrogens with zero attached hydrogens (tertiary/aromatic N) is 1. The highest BCUT2D eigenvalue weighted by molar-refractivity contribution is 6.21. The molecule has 0 aromatic heterocycles. The number of hydrogen-bond donors (Lipinski definition) is 0. The number of carbonyl (C=O) groups is 3. The third-order valence-electron chi connectivity index (χ3n) is 3.96. The molecule has 0 radical (unpaired) electrons. The first-order valence-electron chi connectivity index (χ1n) is 8.49. The summed E-state index contributed by atoms with van der Waals surface area (Å²) in [4.78, 5) is 38.1. The molecular formula is C19H25NO5. The zero-order chi connectivity index (χ0) is 18.6. The molecule has 0 atom stereocenters. The second kappa shape index (κ2) is 7.78. The van der Waals surface area contributed by atoms with Crippen LogP contribution in [0.15, 0.2) is 24.3 Å². The molecule has 6 nitrogen and oxygen atoms in total. The molecule has 0 N–H and O–H groups in total. The SMILES string of the molecule is CC(C)OCCCC(=O)OCC(C)(C)N1C(=O)c2ccccc2C1=O. The van der Waals surface area contributed by atoms with Gasteiger partial charge in [-0.05, 0) is 46.2 Å². The summed E-state index contributed by atoms with van der Waals surface area (Å²) in [5.41, 5.74) is -0.146. The number of rotatable bonds is 8. The van der Waals surface area contributed by atoms with Gasteiger partial charge in [-0.1, -0.05) is 12.1 Å². The van der Waals surface area contributed by atoms with Gasteiger partial charge in [0.2, 0.25) is 0 Å². The van der Waals surface area contributed by atoms with E-state index < -0.39 is 5.54 Å². The second-order valence-electron chi connectivity index (χ2n) is 6.99. The average molecular weight is 347 g/mol. The Labute approximate surface area is 148 Å². The third-order valence-corrected chi connectivity index (χ3v) is 3.96. The Kier molecular flexibility index (Phi) is 5.95. The Morgan fingerprint density at radius 2 is 1.68 bits per heavy atom. The van der Waals surface area contributed by atoms with Crippen molar-refractivity contribution in [2.75, 3.05) is 13.2 Å². The van der Waals surface area contributed by atoms with Crippen LogP contribution >= 0.6 is 0 Å². The molecule has 1 aromatic carbocycles. The van der Waals surface area contributed by atoms with Gasteiger partial charge in [0.15, 0.2) is 0 Å². The van der Waals surface area contributed by atoms with Crippen molar-refractivity contribution in [2.24, 2.45) is 0 Å². The Bertz CT molecular complexity index is 631. The summed E-state index contributed by atoms with van der Waals surface area (Å²) in [5, 5.41) is 0. The Morgan fingerprint density at radius 1 is 1.12 bits per heavy atom. The first-order valence-corrected chi connectivity index (χ1v) is 8.49. The van der Waals surface area contributed by atoms with Crippen LogP contribution in [0.4, 0.5) is 0 Å². The standard InChI is InChI=1S/C19H25NO5/c1-13(2)24-11-7-10-16(21)25-12-19(3,4)20-17(22)14-8-5-6-9-15(14)18(20)23/h5-6,8-9,13H,7,10-12H2,1-4H3. The maximum atomic E-state index is 12.5. The van der Waals surface area contributed by atoms with Crippen LogP contribution in [0.3, 0.4) is 0 Å². The smallest absolute Gasteiger partial charge is 0.305 e. The number of ether oxygens (including phenoxy) is 2. The van der Waals surface area contributed by atoms with Crippen molar-refractivity contribution in [3.63, 3.8) is 0 Å². The highest BCUT2D eigenvalue weighted by Crippen LogP contribution is 2.29. The summed E-state index contributed by atoms with van der Waals surface area (Å²) in [6, 6.07) is 6.71.